The van der Waals surface area contributed by atoms with Crippen molar-refractivity contribution >= 4 is 31.3 Å². The topological polar surface area (TPSA) is 107 Å². The molecule has 3 rings (SSSR count). The number of ether oxygens (including phenoxy) is 1. The van der Waals surface area contributed by atoms with Gasteiger partial charge in [-0.1, -0.05) is 12.1 Å². The van der Waals surface area contributed by atoms with E-state index < -0.39 is 30.8 Å². The SMILES string of the molecule is COc1ccccc1NC(=O)c1ccc(S(=O)(=O)C2CCS(=O)(=O)C2)cc1. The lowest BCUT2D eigenvalue weighted by Crippen LogP contribution is -2.23. The number of anilines is 1. The minimum Gasteiger partial charge on any atom is -0.495 e. The van der Waals surface area contributed by atoms with Crippen LogP contribution in [0.25, 0.3) is 0 Å². The van der Waals surface area contributed by atoms with E-state index in [2.05, 4.69) is 5.32 Å². The smallest absolute Gasteiger partial charge is 0.255 e. The second-order valence-corrected chi connectivity index (χ2v) is 10.7. The number of methoxy groups -OCH3 is 1. The number of para-hydroxylation sites is 2. The molecule has 1 aliphatic rings. The standard InChI is InChI=1S/C18H19NO6S2/c1-25-17-5-3-2-4-16(17)19-18(20)13-6-8-14(9-7-13)27(23,24)15-10-11-26(21,22)12-15/h2-9,15H,10-12H2,1H3,(H,19,20). The number of amides is 1. The highest BCUT2D eigenvalue weighted by Gasteiger charge is 2.37. The van der Waals surface area contributed by atoms with Crippen molar-refractivity contribution in [3.05, 3.63) is 54.1 Å². The van der Waals surface area contributed by atoms with E-state index in [4.69, 9.17) is 4.74 Å². The van der Waals surface area contributed by atoms with Crippen LogP contribution < -0.4 is 10.1 Å². The lowest BCUT2D eigenvalue weighted by molar-refractivity contribution is 0.102. The van der Waals surface area contributed by atoms with E-state index in [1.54, 1.807) is 24.3 Å². The summed E-state index contributed by atoms with van der Waals surface area (Å²) in [7, 11) is -5.56. The third-order valence-corrected chi connectivity index (χ3v) is 8.62. The molecule has 1 amide bonds. The third kappa shape index (κ3) is 4.14. The van der Waals surface area contributed by atoms with Crippen LogP contribution in [0.1, 0.15) is 16.8 Å². The molecule has 1 unspecified atom stereocenters. The average molecular weight is 409 g/mol. The second kappa shape index (κ2) is 7.32. The fraction of sp³-hybridized carbons (Fsp3) is 0.278. The van der Waals surface area contributed by atoms with Gasteiger partial charge in [-0.05, 0) is 42.8 Å². The van der Waals surface area contributed by atoms with E-state index in [0.29, 0.717) is 11.4 Å². The van der Waals surface area contributed by atoms with Crippen molar-refractivity contribution in [2.45, 2.75) is 16.6 Å². The molecule has 0 aromatic heterocycles. The van der Waals surface area contributed by atoms with Gasteiger partial charge in [0.1, 0.15) is 5.75 Å². The van der Waals surface area contributed by atoms with E-state index in [9.17, 15) is 21.6 Å². The van der Waals surface area contributed by atoms with E-state index in [1.807, 2.05) is 0 Å². The number of sulfone groups is 2. The van der Waals surface area contributed by atoms with Crippen molar-refractivity contribution in [1.29, 1.82) is 0 Å². The molecular weight excluding hydrogens is 390 g/mol. The summed E-state index contributed by atoms with van der Waals surface area (Å²) in [6.45, 7) is 0. The van der Waals surface area contributed by atoms with Crippen molar-refractivity contribution in [2.75, 3.05) is 23.9 Å². The highest BCUT2D eigenvalue weighted by Crippen LogP contribution is 2.26. The molecule has 1 fully saturated rings. The third-order valence-electron chi connectivity index (χ3n) is 4.43. The summed E-state index contributed by atoms with van der Waals surface area (Å²) < 4.78 is 53.5. The molecule has 1 aliphatic heterocycles. The Morgan fingerprint density at radius 1 is 1.11 bits per heavy atom. The molecule has 1 N–H and O–H groups in total. The molecule has 1 saturated heterocycles. The number of benzene rings is 2. The fourth-order valence-corrected chi connectivity index (χ4v) is 7.30. The fourth-order valence-electron chi connectivity index (χ4n) is 2.94. The summed E-state index contributed by atoms with van der Waals surface area (Å²) >= 11 is 0. The maximum Gasteiger partial charge on any atom is 0.255 e. The van der Waals surface area contributed by atoms with E-state index in [0.717, 1.165) is 0 Å². The van der Waals surface area contributed by atoms with Crippen molar-refractivity contribution in [2.24, 2.45) is 0 Å². The van der Waals surface area contributed by atoms with Gasteiger partial charge < -0.3 is 10.1 Å². The lowest BCUT2D eigenvalue weighted by Gasteiger charge is -2.12. The van der Waals surface area contributed by atoms with Gasteiger partial charge in [-0.3, -0.25) is 4.79 Å². The van der Waals surface area contributed by atoms with Crippen molar-refractivity contribution < 1.29 is 26.4 Å². The van der Waals surface area contributed by atoms with Crippen LogP contribution in [0.4, 0.5) is 5.69 Å². The Kier molecular flexibility index (Phi) is 5.25. The molecule has 1 heterocycles. The molecule has 0 radical (unpaired) electrons. The Hall–Kier alpha value is -2.39. The average Bonchev–Trinajstić information content (AvgIpc) is 3.03. The van der Waals surface area contributed by atoms with Crippen LogP contribution in [-0.2, 0) is 19.7 Å². The van der Waals surface area contributed by atoms with Crippen LogP contribution in [-0.4, -0.2) is 46.6 Å². The Morgan fingerprint density at radius 3 is 2.37 bits per heavy atom. The van der Waals surface area contributed by atoms with Crippen molar-refractivity contribution in [3.8, 4) is 5.75 Å². The van der Waals surface area contributed by atoms with E-state index in [1.165, 1.54) is 31.4 Å². The van der Waals surface area contributed by atoms with Gasteiger partial charge in [-0.2, -0.15) is 0 Å². The Balaban J connectivity index is 1.78. The van der Waals surface area contributed by atoms with Gasteiger partial charge in [0.2, 0.25) is 0 Å². The lowest BCUT2D eigenvalue weighted by atomic mass is 10.2. The van der Waals surface area contributed by atoms with Gasteiger partial charge in [0.25, 0.3) is 5.91 Å². The molecule has 2 aromatic rings. The van der Waals surface area contributed by atoms with Crippen molar-refractivity contribution in [1.82, 2.24) is 0 Å². The van der Waals surface area contributed by atoms with E-state index >= 15 is 0 Å². The van der Waals surface area contributed by atoms with Gasteiger partial charge in [-0.15, -0.1) is 0 Å². The molecule has 9 heteroatoms. The number of carbonyl (C=O) groups is 1. The predicted molar refractivity (Wildman–Crippen MR) is 102 cm³/mol. The zero-order valence-electron chi connectivity index (χ0n) is 14.6. The van der Waals surface area contributed by atoms with E-state index in [-0.39, 0.29) is 28.4 Å². The summed E-state index contributed by atoms with van der Waals surface area (Å²) in [5.74, 6) is -0.374. The van der Waals surface area contributed by atoms with Crippen LogP contribution >= 0.6 is 0 Å². The molecule has 7 nitrogen and oxygen atoms in total. The van der Waals surface area contributed by atoms with Crippen LogP contribution in [0.5, 0.6) is 5.75 Å². The first kappa shape index (κ1) is 19.4. The zero-order chi connectivity index (χ0) is 19.7. The first-order valence-electron chi connectivity index (χ1n) is 8.22. The minimum atomic E-state index is -3.75. The molecule has 2 aromatic carbocycles. The van der Waals surface area contributed by atoms with Gasteiger partial charge in [0.05, 0.1) is 34.4 Å². The molecule has 0 spiro atoms. The van der Waals surface area contributed by atoms with Gasteiger partial charge in [0, 0.05) is 5.56 Å². The number of hydrogen-bond acceptors (Lipinski definition) is 6. The molecule has 1 atom stereocenters. The molecule has 27 heavy (non-hydrogen) atoms. The second-order valence-electron chi connectivity index (χ2n) is 6.25. The van der Waals surface area contributed by atoms with Crippen molar-refractivity contribution in [3.63, 3.8) is 0 Å². The molecule has 0 bridgehead atoms. The first-order valence-corrected chi connectivity index (χ1v) is 11.6. The van der Waals surface area contributed by atoms with Crippen LogP contribution in [0, 0.1) is 0 Å². The highest BCUT2D eigenvalue weighted by molar-refractivity contribution is 7.96. The van der Waals surface area contributed by atoms with Gasteiger partial charge in [-0.25, -0.2) is 16.8 Å². The molecule has 144 valence electrons. The maximum atomic E-state index is 12.6. The van der Waals surface area contributed by atoms with Gasteiger partial charge >= 0.3 is 0 Å². The first-order chi connectivity index (χ1) is 12.7. The number of nitrogens with one attached hydrogen (secondary N) is 1. The molecule has 0 saturated carbocycles. The Bertz CT molecular complexity index is 1060. The Labute approximate surface area is 158 Å². The largest absolute Gasteiger partial charge is 0.495 e. The summed E-state index contributed by atoms with van der Waals surface area (Å²) in [4.78, 5) is 12.4. The molecule has 0 aliphatic carbocycles. The molecular formula is C18H19NO6S2. The minimum absolute atomic E-state index is 0.0124. The highest BCUT2D eigenvalue weighted by atomic mass is 32.2. The summed E-state index contributed by atoms with van der Waals surface area (Å²) in [5.41, 5.74) is 0.775. The predicted octanol–water partition coefficient (Wildman–Crippen LogP) is 1.91. The van der Waals surface area contributed by atoms with Crippen LogP contribution in [0.3, 0.4) is 0 Å². The normalized spacial score (nSPS) is 18.8. The number of rotatable bonds is 5. The summed E-state index contributed by atoms with van der Waals surface area (Å²) in [6, 6.07) is 12.4. The maximum absolute atomic E-state index is 12.6. The van der Waals surface area contributed by atoms with Crippen LogP contribution in [0.2, 0.25) is 0 Å². The monoisotopic (exact) mass is 409 g/mol. The van der Waals surface area contributed by atoms with Crippen LogP contribution in [0.15, 0.2) is 53.4 Å². The number of carbonyl (C=O) groups excluding carboxylic acids is 1. The zero-order valence-corrected chi connectivity index (χ0v) is 16.2. The quantitative estimate of drug-likeness (QED) is 0.808. The summed E-state index contributed by atoms with van der Waals surface area (Å²) in [5, 5.41) is 1.77. The number of hydrogen-bond donors (Lipinski definition) is 1. The summed E-state index contributed by atoms with van der Waals surface area (Å²) in [6.07, 6.45) is 0.0979. The van der Waals surface area contributed by atoms with Gasteiger partial charge in [0.15, 0.2) is 19.7 Å². The Morgan fingerprint density at radius 2 is 1.78 bits per heavy atom.